The first-order valence-corrected chi connectivity index (χ1v) is 9.37. The van der Waals surface area contributed by atoms with E-state index in [0.29, 0.717) is 6.42 Å². The average molecular weight is 324 g/mol. The Morgan fingerprint density at radius 3 is 2.58 bits per heavy atom. The molecule has 0 radical (unpaired) electrons. The van der Waals surface area contributed by atoms with E-state index in [9.17, 15) is 16.8 Å². The summed E-state index contributed by atoms with van der Waals surface area (Å²) in [4.78, 5) is -0.0240. The summed E-state index contributed by atoms with van der Waals surface area (Å²) >= 11 is 5.92. The van der Waals surface area contributed by atoms with E-state index in [1.165, 1.54) is 6.07 Å². The molecule has 0 amide bonds. The van der Waals surface area contributed by atoms with Gasteiger partial charge < -0.3 is 0 Å². The SMILES string of the molecule is Cc1ccc(S(=O)(=O)N[C@H]2CCS(=O)(=O)C2)c(Cl)c1. The highest BCUT2D eigenvalue weighted by molar-refractivity contribution is 7.92. The Bertz CT molecular complexity index is 697. The Balaban J connectivity index is 2.24. The van der Waals surface area contributed by atoms with E-state index in [-0.39, 0.29) is 21.4 Å². The molecule has 1 fully saturated rings. The van der Waals surface area contributed by atoms with E-state index in [2.05, 4.69) is 4.72 Å². The minimum absolute atomic E-state index is 0.0157. The minimum Gasteiger partial charge on any atom is -0.229 e. The fourth-order valence-electron chi connectivity index (χ4n) is 1.99. The van der Waals surface area contributed by atoms with Gasteiger partial charge in [-0.15, -0.1) is 0 Å². The van der Waals surface area contributed by atoms with Crippen molar-refractivity contribution in [2.45, 2.75) is 24.3 Å². The maximum atomic E-state index is 12.1. The quantitative estimate of drug-likeness (QED) is 0.903. The molecule has 0 bridgehead atoms. The molecule has 1 aromatic rings. The van der Waals surface area contributed by atoms with Crippen molar-refractivity contribution in [1.82, 2.24) is 4.72 Å². The zero-order valence-electron chi connectivity index (χ0n) is 10.3. The average Bonchev–Trinajstić information content (AvgIpc) is 2.56. The smallest absolute Gasteiger partial charge is 0.229 e. The highest BCUT2D eigenvalue weighted by Gasteiger charge is 2.32. The van der Waals surface area contributed by atoms with Gasteiger partial charge >= 0.3 is 0 Å². The lowest BCUT2D eigenvalue weighted by Crippen LogP contribution is -2.35. The summed E-state index contributed by atoms with van der Waals surface area (Å²) < 4.78 is 49.3. The molecule has 0 aliphatic carbocycles. The molecule has 1 atom stereocenters. The summed E-state index contributed by atoms with van der Waals surface area (Å²) in [7, 11) is -6.91. The monoisotopic (exact) mass is 323 g/mol. The standard InChI is InChI=1S/C11H14ClNO4S2/c1-8-2-3-11(10(12)6-8)19(16,17)13-9-4-5-18(14,15)7-9/h2-3,6,9,13H,4-5,7H2,1H3/t9-/m0/s1. The fraction of sp³-hybridized carbons (Fsp3) is 0.455. The zero-order chi connectivity index (χ0) is 14.3. The summed E-state index contributed by atoms with van der Waals surface area (Å²) in [6, 6.07) is 4.05. The number of sulfonamides is 1. The Morgan fingerprint density at radius 1 is 1.37 bits per heavy atom. The van der Waals surface area contributed by atoms with Crippen LogP contribution in [-0.2, 0) is 19.9 Å². The van der Waals surface area contributed by atoms with Crippen LogP contribution in [-0.4, -0.2) is 34.4 Å². The van der Waals surface area contributed by atoms with Crippen LogP contribution in [0.3, 0.4) is 0 Å². The maximum absolute atomic E-state index is 12.1. The van der Waals surface area contributed by atoms with Gasteiger partial charge in [-0.3, -0.25) is 0 Å². The van der Waals surface area contributed by atoms with E-state index < -0.39 is 25.9 Å². The summed E-state index contributed by atoms with van der Waals surface area (Å²) in [5.74, 6) is -0.141. The largest absolute Gasteiger partial charge is 0.242 e. The Labute approximate surface area is 117 Å². The Morgan fingerprint density at radius 2 is 2.05 bits per heavy atom. The molecule has 106 valence electrons. The van der Waals surface area contributed by atoms with E-state index >= 15 is 0 Å². The van der Waals surface area contributed by atoms with Crippen molar-refractivity contribution < 1.29 is 16.8 Å². The van der Waals surface area contributed by atoms with Crippen LogP contribution in [0.25, 0.3) is 0 Å². The third-order valence-corrected chi connectivity index (χ3v) is 6.70. The summed E-state index contributed by atoms with van der Waals surface area (Å²) in [6.07, 6.45) is 0.297. The van der Waals surface area contributed by atoms with E-state index in [1.807, 2.05) is 0 Å². The number of benzene rings is 1. The molecule has 0 saturated carbocycles. The van der Waals surface area contributed by atoms with Crippen LogP contribution < -0.4 is 4.72 Å². The predicted molar refractivity (Wildman–Crippen MR) is 73.6 cm³/mol. The number of halogens is 1. The zero-order valence-corrected chi connectivity index (χ0v) is 12.6. The van der Waals surface area contributed by atoms with Crippen molar-refractivity contribution in [3.8, 4) is 0 Å². The molecule has 19 heavy (non-hydrogen) atoms. The first-order valence-electron chi connectivity index (χ1n) is 5.68. The Hall–Kier alpha value is -0.630. The van der Waals surface area contributed by atoms with Crippen molar-refractivity contribution in [1.29, 1.82) is 0 Å². The van der Waals surface area contributed by atoms with Crippen molar-refractivity contribution >= 4 is 31.5 Å². The number of hydrogen-bond donors (Lipinski definition) is 1. The molecule has 8 heteroatoms. The van der Waals surface area contributed by atoms with Gasteiger partial charge in [0.1, 0.15) is 4.90 Å². The summed E-state index contributed by atoms with van der Waals surface area (Å²) in [5, 5.41) is 0.133. The van der Waals surface area contributed by atoms with Gasteiger partial charge in [-0.2, -0.15) is 0 Å². The molecule has 0 spiro atoms. The molecule has 2 rings (SSSR count). The first kappa shape index (κ1) is 14.8. The lowest BCUT2D eigenvalue weighted by atomic mass is 10.2. The number of nitrogens with one attached hydrogen (secondary N) is 1. The normalized spacial score (nSPS) is 22.5. The van der Waals surface area contributed by atoms with Crippen LogP contribution in [0, 0.1) is 6.92 Å². The molecular formula is C11H14ClNO4S2. The molecule has 1 N–H and O–H groups in total. The number of sulfone groups is 1. The molecule has 1 aliphatic heterocycles. The van der Waals surface area contributed by atoms with E-state index in [0.717, 1.165) is 5.56 Å². The minimum atomic E-state index is -3.79. The topological polar surface area (TPSA) is 80.3 Å². The molecule has 1 aromatic carbocycles. The van der Waals surface area contributed by atoms with Gasteiger partial charge in [0.25, 0.3) is 0 Å². The molecule has 1 heterocycles. The number of rotatable bonds is 3. The molecule has 0 aromatic heterocycles. The maximum Gasteiger partial charge on any atom is 0.242 e. The lowest BCUT2D eigenvalue weighted by molar-refractivity contribution is 0.562. The van der Waals surface area contributed by atoms with Gasteiger partial charge in [0.2, 0.25) is 10.0 Å². The summed E-state index contributed by atoms with van der Waals surface area (Å²) in [5.41, 5.74) is 0.854. The number of aryl methyl sites for hydroxylation is 1. The van der Waals surface area contributed by atoms with Crippen molar-refractivity contribution in [2.24, 2.45) is 0 Å². The fourth-order valence-corrected chi connectivity index (χ4v) is 5.64. The van der Waals surface area contributed by atoms with Crippen LogP contribution >= 0.6 is 11.6 Å². The molecule has 1 saturated heterocycles. The van der Waals surface area contributed by atoms with E-state index in [4.69, 9.17) is 11.6 Å². The second kappa shape index (κ2) is 5.05. The molecule has 5 nitrogen and oxygen atoms in total. The van der Waals surface area contributed by atoms with Crippen molar-refractivity contribution in [3.63, 3.8) is 0 Å². The molecular weight excluding hydrogens is 310 g/mol. The van der Waals surface area contributed by atoms with Gasteiger partial charge in [0.15, 0.2) is 9.84 Å². The first-order chi connectivity index (χ1) is 8.70. The Kier molecular flexibility index (Phi) is 3.92. The van der Waals surface area contributed by atoms with Crippen LogP contribution in [0.4, 0.5) is 0 Å². The van der Waals surface area contributed by atoms with Crippen LogP contribution in [0.5, 0.6) is 0 Å². The van der Waals surface area contributed by atoms with Crippen molar-refractivity contribution in [2.75, 3.05) is 11.5 Å². The third kappa shape index (κ3) is 3.47. The third-order valence-electron chi connectivity index (χ3n) is 2.93. The van der Waals surface area contributed by atoms with Gasteiger partial charge in [-0.1, -0.05) is 17.7 Å². The van der Waals surface area contributed by atoms with E-state index in [1.54, 1.807) is 19.1 Å². The van der Waals surface area contributed by atoms with Crippen molar-refractivity contribution in [3.05, 3.63) is 28.8 Å². The van der Waals surface area contributed by atoms with Gasteiger partial charge in [0.05, 0.1) is 16.5 Å². The second-order valence-electron chi connectivity index (χ2n) is 4.66. The predicted octanol–water partition coefficient (Wildman–Crippen LogP) is 1.11. The molecule has 0 unspecified atom stereocenters. The van der Waals surface area contributed by atoms with Gasteiger partial charge in [-0.05, 0) is 31.0 Å². The van der Waals surface area contributed by atoms with Crippen LogP contribution in [0.1, 0.15) is 12.0 Å². The van der Waals surface area contributed by atoms with Crippen LogP contribution in [0.15, 0.2) is 23.1 Å². The van der Waals surface area contributed by atoms with Gasteiger partial charge in [-0.25, -0.2) is 21.6 Å². The highest BCUT2D eigenvalue weighted by atomic mass is 35.5. The number of hydrogen-bond acceptors (Lipinski definition) is 4. The second-order valence-corrected chi connectivity index (χ2v) is 8.97. The van der Waals surface area contributed by atoms with Gasteiger partial charge in [0, 0.05) is 6.04 Å². The summed E-state index contributed by atoms with van der Waals surface area (Å²) in [6.45, 7) is 1.80. The van der Waals surface area contributed by atoms with Crippen LogP contribution in [0.2, 0.25) is 5.02 Å². The lowest BCUT2D eigenvalue weighted by Gasteiger charge is -2.12. The molecule has 1 aliphatic rings. The highest BCUT2D eigenvalue weighted by Crippen LogP contribution is 2.23.